The summed E-state index contributed by atoms with van der Waals surface area (Å²) in [6.07, 6.45) is 6.21. The molecule has 2 saturated heterocycles. The molecular formula is C26H32N4O3. The van der Waals surface area contributed by atoms with Crippen molar-refractivity contribution in [1.29, 1.82) is 0 Å². The maximum Gasteiger partial charge on any atom is 0.337 e. The molecule has 2 aliphatic heterocycles. The number of carboxylic acid groups (broad SMARTS) is 1. The van der Waals surface area contributed by atoms with Gasteiger partial charge >= 0.3 is 5.97 Å². The van der Waals surface area contributed by atoms with Crippen LogP contribution in [0.5, 0.6) is 0 Å². The monoisotopic (exact) mass is 448 g/mol. The van der Waals surface area contributed by atoms with Crippen LogP contribution in [0.1, 0.15) is 40.4 Å². The minimum atomic E-state index is -0.905. The van der Waals surface area contributed by atoms with Crippen LogP contribution in [0.2, 0.25) is 0 Å². The normalized spacial score (nSPS) is 18.7. The van der Waals surface area contributed by atoms with E-state index in [4.69, 9.17) is 4.74 Å². The van der Waals surface area contributed by atoms with Gasteiger partial charge in [-0.05, 0) is 55.6 Å². The molecule has 2 fully saturated rings. The van der Waals surface area contributed by atoms with Gasteiger partial charge in [0, 0.05) is 56.0 Å². The van der Waals surface area contributed by atoms with Crippen molar-refractivity contribution in [3.63, 3.8) is 0 Å². The third-order valence-electron chi connectivity index (χ3n) is 7.10. The van der Waals surface area contributed by atoms with E-state index in [9.17, 15) is 9.90 Å². The number of benzene rings is 1. The summed E-state index contributed by atoms with van der Waals surface area (Å²) >= 11 is 0. The Morgan fingerprint density at radius 3 is 2.58 bits per heavy atom. The van der Waals surface area contributed by atoms with Gasteiger partial charge < -0.3 is 14.4 Å². The average molecular weight is 449 g/mol. The van der Waals surface area contributed by atoms with Crippen LogP contribution in [-0.4, -0.2) is 76.4 Å². The Labute approximate surface area is 194 Å². The van der Waals surface area contributed by atoms with E-state index in [2.05, 4.69) is 49.8 Å². The fourth-order valence-corrected chi connectivity index (χ4v) is 5.23. The third-order valence-corrected chi connectivity index (χ3v) is 7.10. The Morgan fingerprint density at radius 2 is 1.79 bits per heavy atom. The lowest BCUT2D eigenvalue weighted by molar-refractivity contribution is 0.0365. The number of aromatic nitrogens is 2. The first-order chi connectivity index (χ1) is 16.2. The van der Waals surface area contributed by atoms with Gasteiger partial charge in [0.15, 0.2) is 0 Å². The molecule has 3 aromatic rings. The Balaban J connectivity index is 1.26. The first-order valence-electron chi connectivity index (χ1n) is 12.0. The summed E-state index contributed by atoms with van der Waals surface area (Å²) in [6.45, 7) is 8.25. The molecule has 0 unspecified atom stereocenters. The van der Waals surface area contributed by atoms with Gasteiger partial charge in [-0.2, -0.15) is 0 Å². The number of ether oxygens (including phenoxy) is 1. The number of nitrogens with zero attached hydrogens (tertiary/aromatic N) is 4. The maximum atomic E-state index is 11.5. The lowest BCUT2D eigenvalue weighted by Crippen LogP contribution is -2.38. The van der Waals surface area contributed by atoms with E-state index in [1.165, 1.54) is 16.5 Å². The second-order valence-corrected chi connectivity index (χ2v) is 9.10. The predicted molar refractivity (Wildman–Crippen MR) is 128 cm³/mol. The van der Waals surface area contributed by atoms with Crippen molar-refractivity contribution in [2.24, 2.45) is 0 Å². The predicted octanol–water partition coefficient (Wildman–Crippen LogP) is 3.45. The van der Waals surface area contributed by atoms with E-state index in [-0.39, 0.29) is 0 Å². The molecule has 0 spiro atoms. The molecule has 2 aromatic heterocycles. The number of aromatic carboxylic acids is 1. The minimum Gasteiger partial charge on any atom is -0.478 e. The fraction of sp³-hybridized carbons (Fsp3) is 0.462. The first kappa shape index (κ1) is 22.1. The average Bonchev–Trinajstić information content (AvgIpc) is 3.23. The van der Waals surface area contributed by atoms with Crippen LogP contribution < -0.4 is 0 Å². The SMILES string of the molecule is O=C(O)c1cccnc1CN1CCC(c2cn(CCN3CCOCC3)c3ccccc23)CC1. The molecule has 0 aliphatic carbocycles. The van der Waals surface area contributed by atoms with Crippen molar-refractivity contribution in [1.82, 2.24) is 19.4 Å². The van der Waals surface area contributed by atoms with Gasteiger partial charge in [-0.25, -0.2) is 4.79 Å². The van der Waals surface area contributed by atoms with Gasteiger partial charge in [0.25, 0.3) is 0 Å². The van der Waals surface area contributed by atoms with E-state index in [0.717, 1.165) is 65.3 Å². The topological polar surface area (TPSA) is 70.8 Å². The summed E-state index contributed by atoms with van der Waals surface area (Å²) < 4.78 is 7.91. The molecular weight excluding hydrogens is 416 g/mol. The van der Waals surface area contributed by atoms with Gasteiger partial charge in [0.2, 0.25) is 0 Å². The molecule has 174 valence electrons. The fourth-order valence-electron chi connectivity index (χ4n) is 5.23. The third kappa shape index (κ3) is 4.95. The van der Waals surface area contributed by atoms with E-state index < -0.39 is 5.97 Å². The zero-order chi connectivity index (χ0) is 22.6. The molecule has 0 atom stereocenters. The highest BCUT2D eigenvalue weighted by Crippen LogP contribution is 2.35. The number of morpholine rings is 1. The highest BCUT2D eigenvalue weighted by molar-refractivity contribution is 5.88. The summed E-state index contributed by atoms with van der Waals surface area (Å²) in [5.74, 6) is -0.378. The smallest absolute Gasteiger partial charge is 0.337 e. The van der Waals surface area contributed by atoms with Gasteiger partial charge in [-0.3, -0.25) is 14.8 Å². The molecule has 0 amide bonds. The second-order valence-electron chi connectivity index (χ2n) is 9.10. The van der Waals surface area contributed by atoms with Crippen LogP contribution in [0.25, 0.3) is 10.9 Å². The molecule has 5 rings (SSSR count). The largest absolute Gasteiger partial charge is 0.478 e. The molecule has 7 nitrogen and oxygen atoms in total. The van der Waals surface area contributed by atoms with Gasteiger partial charge in [0.1, 0.15) is 0 Å². The van der Waals surface area contributed by atoms with Crippen LogP contribution in [0, 0.1) is 0 Å². The van der Waals surface area contributed by atoms with E-state index in [1.54, 1.807) is 18.3 Å². The van der Waals surface area contributed by atoms with E-state index >= 15 is 0 Å². The van der Waals surface area contributed by atoms with Crippen molar-refractivity contribution in [2.75, 3.05) is 45.9 Å². The molecule has 2 aliphatic rings. The molecule has 4 heterocycles. The lowest BCUT2D eigenvalue weighted by atomic mass is 9.89. The van der Waals surface area contributed by atoms with Crippen molar-refractivity contribution >= 4 is 16.9 Å². The highest BCUT2D eigenvalue weighted by atomic mass is 16.5. The quantitative estimate of drug-likeness (QED) is 0.597. The second kappa shape index (κ2) is 10.0. The van der Waals surface area contributed by atoms with E-state index in [0.29, 0.717) is 23.7 Å². The standard InChI is InChI=1S/C26H32N4O3/c31-26(32)22-5-3-9-27-24(22)19-29-10-7-20(8-11-29)23-18-30(25-6-2-1-4-21(23)25)13-12-28-14-16-33-17-15-28/h1-6,9,18,20H,7-8,10-17,19H2,(H,31,32). The van der Waals surface area contributed by atoms with Crippen molar-refractivity contribution in [3.8, 4) is 0 Å². The maximum absolute atomic E-state index is 11.5. The zero-order valence-electron chi connectivity index (χ0n) is 19.0. The molecule has 0 bridgehead atoms. The molecule has 0 radical (unpaired) electrons. The summed E-state index contributed by atoms with van der Waals surface area (Å²) in [6, 6.07) is 12.1. The number of rotatable bonds is 7. The zero-order valence-corrected chi connectivity index (χ0v) is 19.0. The van der Waals surface area contributed by atoms with Crippen LogP contribution >= 0.6 is 0 Å². The molecule has 0 saturated carbocycles. The van der Waals surface area contributed by atoms with Gasteiger partial charge in [0.05, 0.1) is 24.5 Å². The number of carbonyl (C=O) groups is 1. The number of fused-ring (bicyclic) bond motifs is 1. The number of hydrogen-bond acceptors (Lipinski definition) is 5. The van der Waals surface area contributed by atoms with Gasteiger partial charge in [-0.1, -0.05) is 18.2 Å². The van der Waals surface area contributed by atoms with Crippen LogP contribution in [-0.2, 0) is 17.8 Å². The summed E-state index contributed by atoms with van der Waals surface area (Å²) in [7, 11) is 0. The number of pyridine rings is 1. The number of likely N-dealkylation sites (tertiary alicyclic amines) is 1. The lowest BCUT2D eigenvalue weighted by Gasteiger charge is -2.32. The molecule has 33 heavy (non-hydrogen) atoms. The number of para-hydroxylation sites is 1. The van der Waals surface area contributed by atoms with Crippen LogP contribution in [0.4, 0.5) is 0 Å². The summed E-state index contributed by atoms with van der Waals surface area (Å²) in [5, 5.41) is 10.8. The van der Waals surface area contributed by atoms with Gasteiger partial charge in [-0.15, -0.1) is 0 Å². The Morgan fingerprint density at radius 1 is 1.00 bits per heavy atom. The number of carboxylic acids is 1. The Kier molecular flexibility index (Phi) is 6.71. The van der Waals surface area contributed by atoms with Crippen molar-refractivity contribution in [2.45, 2.75) is 31.8 Å². The molecule has 1 aromatic carbocycles. The summed E-state index contributed by atoms with van der Waals surface area (Å²) in [5.41, 5.74) is 3.74. The number of piperidine rings is 1. The summed E-state index contributed by atoms with van der Waals surface area (Å²) in [4.78, 5) is 20.7. The van der Waals surface area contributed by atoms with Crippen molar-refractivity contribution in [3.05, 3.63) is 65.6 Å². The Hall–Kier alpha value is -2.74. The highest BCUT2D eigenvalue weighted by Gasteiger charge is 2.25. The molecule has 7 heteroatoms. The minimum absolute atomic E-state index is 0.308. The first-order valence-corrected chi connectivity index (χ1v) is 12.0. The molecule has 1 N–H and O–H groups in total. The van der Waals surface area contributed by atoms with E-state index in [1.807, 2.05) is 0 Å². The van der Waals surface area contributed by atoms with Crippen LogP contribution in [0.3, 0.4) is 0 Å². The Bertz CT molecular complexity index is 1100. The van der Waals surface area contributed by atoms with Crippen molar-refractivity contribution < 1.29 is 14.6 Å². The van der Waals surface area contributed by atoms with Crippen LogP contribution in [0.15, 0.2) is 48.8 Å². The number of hydrogen-bond donors (Lipinski definition) is 1.